The number of H-pyrrole nitrogens is 1. The first kappa shape index (κ1) is 46.7. The molecule has 0 aliphatic carbocycles. The van der Waals surface area contributed by atoms with Crippen LogP contribution in [-0.4, -0.2) is 61.5 Å². The fraction of sp³-hybridized carbons (Fsp3) is 0.143. The highest BCUT2D eigenvalue weighted by molar-refractivity contribution is 6.35. The summed E-state index contributed by atoms with van der Waals surface area (Å²) in [4.78, 5) is 20.8. The number of aliphatic hydroxyl groups excluding tert-OH is 2. The SMILES string of the molecule is C[C@H](O)CNc1cc(Oc2ccc(F)cc2F)nc(F)c1C(=O)c1ccccc1Cl.C[C@H](O)CNc1cc(Oc2ccc(F)cc2F)nc2n[nH]c(-c3ccccc3Cl)c12.NN. The number of hydrogen-bond donors (Lipinski definition) is 7. The highest BCUT2D eigenvalue weighted by Gasteiger charge is 2.25. The number of carbonyl (C=O) groups is 1. The number of hydrazine groups is 1. The van der Waals surface area contributed by atoms with Crippen LogP contribution in [0.15, 0.2) is 97.1 Å². The van der Waals surface area contributed by atoms with Gasteiger partial charge in [-0.15, -0.1) is 0 Å². The van der Waals surface area contributed by atoms with E-state index in [4.69, 9.17) is 32.7 Å². The molecule has 62 heavy (non-hydrogen) atoms. The van der Waals surface area contributed by atoms with Crippen LogP contribution in [0.25, 0.3) is 22.3 Å². The molecule has 13 nitrogen and oxygen atoms in total. The van der Waals surface area contributed by atoms with Crippen LogP contribution in [0.5, 0.6) is 23.3 Å². The summed E-state index contributed by atoms with van der Waals surface area (Å²) in [7, 11) is 0. The van der Waals surface area contributed by atoms with Crippen molar-refractivity contribution in [1.29, 1.82) is 0 Å². The minimum Gasteiger partial charge on any atom is -0.436 e. The van der Waals surface area contributed by atoms with Crippen molar-refractivity contribution in [3.63, 3.8) is 0 Å². The Morgan fingerprint density at radius 2 is 1.24 bits per heavy atom. The first-order valence-electron chi connectivity index (χ1n) is 18.2. The molecule has 3 heterocycles. The van der Waals surface area contributed by atoms with E-state index in [0.717, 1.165) is 29.8 Å². The summed E-state index contributed by atoms with van der Waals surface area (Å²) in [6, 6.07) is 21.7. The number of nitrogens with one attached hydrogen (secondary N) is 3. The quantitative estimate of drug-likeness (QED) is 0.0190. The van der Waals surface area contributed by atoms with Crippen molar-refractivity contribution in [3.05, 3.63) is 147 Å². The minimum atomic E-state index is -1.19. The molecule has 0 unspecified atom stereocenters. The van der Waals surface area contributed by atoms with E-state index in [9.17, 15) is 37.0 Å². The summed E-state index contributed by atoms with van der Waals surface area (Å²) >= 11 is 12.4. The van der Waals surface area contributed by atoms with E-state index in [1.165, 1.54) is 31.2 Å². The molecule has 0 fully saturated rings. The van der Waals surface area contributed by atoms with Gasteiger partial charge in [0.2, 0.25) is 23.5 Å². The monoisotopic (exact) mass is 898 g/mol. The molecule has 2 atom stereocenters. The van der Waals surface area contributed by atoms with Crippen LogP contribution in [0, 0.1) is 29.2 Å². The summed E-state index contributed by atoms with van der Waals surface area (Å²) in [6.45, 7) is 3.36. The van der Waals surface area contributed by atoms with E-state index < -0.39 is 52.8 Å². The second kappa shape index (κ2) is 21.4. The highest BCUT2D eigenvalue weighted by atomic mass is 35.5. The molecule has 20 heteroatoms. The number of carbonyl (C=O) groups excluding carboxylic acids is 1. The molecule has 0 aliphatic rings. The number of nitrogens with zero attached hydrogens (tertiary/aromatic N) is 3. The van der Waals surface area contributed by atoms with Crippen molar-refractivity contribution in [2.24, 2.45) is 11.7 Å². The zero-order valence-electron chi connectivity index (χ0n) is 32.6. The van der Waals surface area contributed by atoms with Gasteiger partial charge in [0, 0.05) is 53.5 Å². The van der Waals surface area contributed by atoms with Crippen LogP contribution in [0.4, 0.5) is 33.3 Å². The average molecular weight is 900 g/mol. The molecule has 9 N–H and O–H groups in total. The van der Waals surface area contributed by atoms with Crippen LogP contribution in [0.1, 0.15) is 29.8 Å². The zero-order valence-corrected chi connectivity index (χ0v) is 34.1. The molecule has 0 radical (unpaired) electrons. The maximum absolute atomic E-state index is 14.9. The number of fused-ring (bicyclic) bond motifs is 1. The number of rotatable bonds is 13. The molecule has 0 spiro atoms. The van der Waals surface area contributed by atoms with Gasteiger partial charge in [0.15, 0.2) is 28.8 Å². The molecule has 7 aromatic rings. The van der Waals surface area contributed by atoms with E-state index in [0.29, 0.717) is 33.5 Å². The largest absolute Gasteiger partial charge is 0.436 e. The van der Waals surface area contributed by atoms with Gasteiger partial charge in [0.05, 0.1) is 39.7 Å². The highest BCUT2D eigenvalue weighted by Crippen LogP contribution is 2.38. The molecule has 0 saturated heterocycles. The smallest absolute Gasteiger partial charge is 0.229 e. The average Bonchev–Trinajstić information content (AvgIpc) is 3.66. The number of ketones is 1. The summed E-state index contributed by atoms with van der Waals surface area (Å²) in [5, 5.41) is 33.6. The van der Waals surface area contributed by atoms with Crippen LogP contribution >= 0.6 is 23.2 Å². The Morgan fingerprint density at radius 3 is 1.79 bits per heavy atom. The predicted molar refractivity (Wildman–Crippen MR) is 225 cm³/mol. The number of pyridine rings is 2. The topological polar surface area (TPSA) is 207 Å². The Labute approximate surface area is 360 Å². The molecule has 0 saturated carbocycles. The molecule has 4 aromatic carbocycles. The van der Waals surface area contributed by atoms with E-state index in [1.54, 1.807) is 31.2 Å². The van der Waals surface area contributed by atoms with Gasteiger partial charge in [-0.3, -0.25) is 21.6 Å². The third-order valence-corrected chi connectivity index (χ3v) is 8.99. The van der Waals surface area contributed by atoms with Crippen molar-refractivity contribution >= 4 is 51.4 Å². The standard InChI is InChI=1S/C21H16ClF3N2O3.C21H17ClF2N4O2.H4N2/c1-11(28)10-26-16-9-18(30-17-7-6-12(23)8-15(17)24)27-21(25)19(16)20(29)13-4-2-3-5-14(13)22;1-11(29)10-25-16-9-18(30-17-7-6-12(23)8-15(17)24)26-21-19(16)20(27-28-21)13-4-2-3-5-14(13)22;1-2/h2-9,11,28H,10H2,1H3,(H,26,27);2-9,11,29H,10H2,1H3,(H2,25,26,27,28);1-2H2/t2*11-;/m00./s1. The summed E-state index contributed by atoms with van der Waals surface area (Å²) in [5.41, 5.74) is 1.82. The van der Waals surface area contributed by atoms with Crippen LogP contribution in [0.3, 0.4) is 0 Å². The van der Waals surface area contributed by atoms with E-state index in [1.807, 2.05) is 18.2 Å². The molecular weight excluding hydrogens is 862 g/mol. The lowest BCUT2D eigenvalue weighted by molar-refractivity contribution is 0.103. The van der Waals surface area contributed by atoms with Gasteiger partial charge in [0.1, 0.15) is 17.2 Å². The van der Waals surface area contributed by atoms with E-state index in [2.05, 4.69) is 42.5 Å². The molecule has 0 amide bonds. The van der Waals surface area contributed by atoms with Crippen LogP contribution < -0.4 is 31.8 Å². The summed E-state index contributed by atoms with van der Waals surface area (Å²) in [6.07, 6.45) is -1.44. The number of aliphatic hydroxyl groups is 2. The van der Waals surface area contributed by atoms with Crippen molar-refractivity contribution in [2.75, 3.05) is 23.7 Å². The van der Waals surface area contributed by atoms with Crippen LogP contribution in [0.2, 0.25) is 10.0 Å². The Bertz CT molecular complexity index is 2670. The lowest BCUT2D eigenvalue weighted by atomic mass is 10.0. The van der Waals surface area contributed by atoms with E-state index in [-0.39, 0.29) is 52.6 Å². The number of anilines is 2. The maximum Gasteiger partial charge on any atom is 0.229 e. The zero-order chi connectivity index (χ0) is 45.1. The predicted octanol–water partition coefficient (Wildman–Crippen LogP) is 8.93. The third-order valence-electron chi connectivity index (χ3n) is 8.33. The molecular formula is C42H37Cl2F5N8O5. The third kappa shape index (κ3) is 11.7. The first-order chi connectivity index (χ1) is 29.7. The fourth-order valence-corrected chi connectivity index (χ4v) is 6.04. The van der Waals surface area contributed by atoms with Crippen molar-refractivity contribution in [1.82, 2.24) is 20.2 Å². The number of halogens is 7. The number of aromatic amines is 1. The molecule has 3 aromatic heterocycles. The minimum absolute atomic E-state index is 0.0173. The van der Waals surface area contributed by atoms with Gasteiger partial charge >= 0.3 is 0 Å². The molecule has 7 rings (SSSR count). The second-order valence-electron chi connectivity index (χ2n) is 13.1. The van der Waals surface area contributed by atoms with Gasteiger partial charge in [-0.05, 0) is 56.3 Å². The Balaban J connectivity index is 0.000000225. The van der Waals surface area contributed by atoms with Crippen molar-refractivity contribution < 1.29 is 46.4 Å². The Kier molecular flexibility index (Phi) is 16.1. The lowest BCUT2D eigenvalue weighted by Crippen LogP contribution is -2.19. The summed E-state index contributed by atoms with van der Waals surface area (Å²) in [5.74, 6) is 1.83. The van der Waals surface area contributed by atoms with Gasteiger partial charge in [-0.25, -0.2) is 17.6 Å². The first-order valence-corrected chi connectivity index (χ1v) is 19.0. The van der Waals surface area contributed by atoms with Gasteiger partial charge in [-0.2, -0.15) is 19.5 Å². The number of ether oxygens (including phenoxy) is 2. The normalized spacial score (nSPS) is 11.7. The Hall–Kier alpha value is -6.41. The fourth-order valence-electron chi connectivity index (χ4n) is 5.59. The number of benzene rings is 4. The Morgan fingerprint density at radius 1 is 0.726 bits per heavy atom. The van der Waals surface area contributed by atoms with Crippen LogP contribution in [-0.2, 0) is 0 Å². The van der Waals surface area contributed by atoms with Gasteiger partial charge < -0.3 is 30.3 Å². The number of hydrogen-bond acceptors (Lipinski definition) is 12. The van der Waals surface area contributed by atoms with Gasteiger partial charge in [0.25, 0.3) is 0 Å². The molecule has 0 aliphatic heterocycles. The van der Waals surface area contributed by atoms with Crippen molar-refractivity contribution in [3.8, 4) is 34.5 Å². The number of nitrogens with two attached hydrogens (primary N) is 2. The van der Waals surface area contributed by atoms with Gasteiger partial charge in [-0.1, -0.05) is 53.5 Å². The molecule has 0 bridgehead atoms. The summed E-state index contributed by atoms with van der Waals surface area (Å²) < 4.78 is 79.7. The lowest BCUT2D eigenvalue weighted by Gasteiger charge is -2.15. The maximum atomic E-state index is 14.9. The molecule has 324 valence electrons. The number of aromatic nitrogens is 4. The van der Waals surface area contributed by atoms with Crippen molar-refractivity contribution in [2.45, 2.75) is 26.1 Å². The second-order valence-corrected chi connectivity index (χ2v) is 13.9. The van der Waals surface area contributed by atoms with E-state index >= 15 is 0 Å².